The van der Waals surface area contributed by atoms with Gasteiger partial charge in [-0.15, -0.1) is 0 Å². The first kappa shape index (κ1) is 26.2. The smallest absolute Gasteiger partial charge is 0.164 e. The Kier molecular flexibility index (Phi) is 6.14. The van der Waals surface area contributed by atoms with E-state index in [9.17, 15) is 0 Å². The molecule has 0 fully saturated rings. The Hall–Kier alpha value is -6.19. The molecule has 3 heteroatoms. The summed E-state index contributed by atoms with van der Waals surface area (Å²) in [5, 5.41) is 10.1. The number of benzene rings is 8. The Balaban J connectivity index is 1.23. The molecule has 0 spiro atoms. The van der Waals surface area contributed by atoms with Gasteiger partial charge < -0.3 is 0 Å². The van der Waals surface area contributed by atoms with Crippen molar-refractivity contribution in [2.45, 2.75) is 0 Å². The molecule has 0 bridgehead atoms. The zero-order chi connectivity index (χ0) is 30.5. The molecule has 3 nitrogen and oxygen atoms in total. The highest BCUT2D eigenvalue weighted by Crippen LogP contribution is 2.39. The van der Waals surface area contributed by atoms with Gasteiger partial charge in [0.1, 0.15) is 0 Å². The van der Waals surface area contributed by atoms with Crippen LogP contribution in [0.4, 0.5) is 0 Å². The van der Waals surface area contributed by atoms with Crippen molar-refractivity contribution in [3.63, 3.8) is 0 Å². The summed E-state index contributed by atoms with van der Waals surface area (Å²) in [6, 6.07) is 57.6. The van der Waals surface area contributed by atoms with Gasteiger partial charge >= 0.3 is 0 Å². The predicted molar refractivity (Wildman–Crippen MR) is 192 cm³/mol. The Morgan fingerprint density at radius 1 is 0.283 bits per heavy atom. The van der Waals surface area contributed by atoms with Crippen LogP contribution in [0.1, 0.15) is 0 Å². The third kappa shape index (κ3) is 4.41. The number of aromatic nitrogens is 3. The zero-order valence-corrected chi connectivity index (χ0v) is 24.9. The molecule has 0 atom stereocenters. The van der Waals surface area contributed by atoms with Gasteiger partial charge in [-0.3, -0.25) is 0 Å². The molecule has 1 heterocycles. The summed E-state index contributed by atoms with van der Waals surface area (Å²) in [5.41, 5.74) is 5.17. The second kappa shape index (κ2) is 10.8. The lowest BCUT2D eigenvalue weighted by Gasteiger charge is -2.14. The van der Waals surface area contributed by atoms with Crippen LogP contribution in [0.15, 0.2) is 164 Å². The first-order valence-corrected chi connectivity index (χ1v) is 15.5. The van der Waals surface area contributed by atoms with Gasteiger partial charge in [0.2, 0.25) is 0 Å². The largest absolute Gasteiger partial charge is 0.208 e. The fourth-order valence-electron chi connectivity index (χ4n) is 6.70. The van der Waals surface area contributed by atoms with Gasteiger partial charge in [0.15, 0.2) is 17.5 Å². The van der Waals surface area contributed by atoms with Gasteiger partial charge in [-0.2, -0.15) is 0 Å². The lowest BCUT2D eigenvalue weighted by Crippen LogP contribution is -2.00. The maximum absolute atomic E-state index is 4.97. The van der Waals surface area contributed by atoms with E-state index in [0.717, 1.165) is 22.3 Å². The summed E-state index contributed by atoms with van der Waals surface area (Å²) in [4.78, 5) is 14.8. The Bertz CT molecular complexity index is 2520. The van der Waals surface area contributed by atoms with Crippen molar-refractivity contribution in [2.24, 2.45) is 0 Å². The normalized spacial score (nSPS) is 11.5. The highest BCUT2D eigenvalue weighted by atomic mass is 15.0. The summed E-state index contributed by atoms with van der Waals surface area (Å²) < 4.78 is 0. The molecule has 0 saturated carbocycles. The van der Waals surface area contributed by atoms with Crippen LogP contribution in [-0.2, 0) is 0 Å². The van der Waals surface area contributed by atoms with E-state index in [4.69, 9.17) is 15.0 Å². The maximum Gasteiger partial charge on any atom is 0.164 e. The fourth-order valence-corrected chi connectivity index (χ4v) is 6.70. The van der Waals surface area contributed by atoms with Crippen molar-refractivity contribution in [1.29, 1.82) is 0 Å². The van der Waals surface area contributed by atoms with E-state index in [0.29, 0.717) is 17.5 Å². The van der Waals surface area contributed by atoms with Crippen LogP contribution >= 0.6 is 0 Å². The molecule has 0 unspecified atom stereocenters. The van der Waals surface area contributed by atoms with Crippen LogP contribution in [0.2, 0.25) is 0 Å². The highest BCUT2D eigenvalue weighted by Gasteiger charge is 2.15. The van der Waals surface area contributed by atoms with E-state index < -0.39 is 0 Å². The molecule has 0 N–H and O–H groups in total. The van der Waals surface area contributed by atoms with Crippen LogP contribution in [-0.4, -0.2) is 15.0 Å². The summed E-state index contributed by atoms with van der Waals surface area (Å²) in [6.07, 6.45) is 0. The average Bonchev–Trinajstić information content (AvgIpc) is 3.14. The van der Waals surface area contributed by atoms with Gasteiger partial charge in [-0.1, -0.05) is 158 Å². The van der Waals surface area contributed by atoms with Crippen molar-refractivity contribution in [3.8, 4) is 45.3 Å². The highest BCUT2D eigenvalue weighted by molar-refractivity contribution is 6.25. The summed E-state index contributed by atoms with van der Waals surface area (Å²) in [6.45, 7) is 0. The van der Waals surface area contributed by atoms with Gasteiger partial charge in [-0.05, 0) is 60.3 Å². The molecule has 214 valence electrons. The Morgan fingerprint density at radius 3 is 1.52 bits per heavy atom. The number of fused-ring (bicyclic) bond motifs is 7. The van der Waals surface area contributed by atoms with Crippen molar-refractivity contribution < 1.29 is 0 Å². The van der Waals surface area contributed by atoms with Crippen molar-refractivity contribution in [3.05, 3.63) is 164 Å². The third-order valence-corrected chi connectivity index (χ3v) is 8.89. The van der Waals surface area contributed by atoms with Crippen LogP contribution in [0.25, 0.3) is 88.4 Å². The number of hydrogen-bond donors (Lipinski definition) is 0. The first-order valence-electron chi connectivity index (χ1n) is 15.5. The van der Waals surface area contributed by atoms with Gasteiger partial charge in [0.05, 0.1) is 0 Å². The molecule has 0 radical (unpaired) electrons. The molecule has 0 aliphatic carbocycles. The Labute approximate surface area is 266 Å². The molecule has 46 heavy (non-hydrogen) atoms. The van der Waals surface area contributed by atoms with Crippen LogP contribution in [0.5, 0.6) is 0 Å². The molecular formula is C43H27N3. The maximum atomic E-state index is 4.97. The van der Waals surface area contributed by atoms with Gasteiger partial charge in [-0.25, -0.2) is 15.0 Å². The van der Waals surface area contributed by atoms with E-state index in [-0.39, 0.29) is 0 Å². The minimum absolute atomic E-state index is 0.651. The fraction of sp³-hybridized carbons (Fsp3) is 0. The zero-order valence-electron chi connectivity index (χ0n) is 24.9. The van der Waals surface area contributed by atoms with E-state index in [1.807, 2.05) is 60.7 Å². The Morgan fingerprint density at radius 2 is 0.783 bits per heavy atom. The first-order chi connectivity index (χ1) is 22.8. The number of hydrogen-bond acceptors (Lipinski definition) is 3. The molecule has 8 aromatic carbocycles. The molecule has 0 aliphatic rings. The van der Waals surface area contributed by atoms with Crippen LogP contribution in [0.3, 0.4) is 0 Å². The summed E-state index contributed by atoms with van der Waals surface area (Å²) >= 11 is 0. The molecule has 0 amide bonds. The van der Waals surface area contributed by atoms with Crippen molar-refractivity contribution >= 4 is 43.1 Å². The molecule has 0 saturated heterocycles. The minimum atomic E-state index is 0.651. The van der Waals surface area contributed by atoms with Crippen LogP contribution in [0, 0.1) is 0 Å². The molecular weight excluding hydrogens is 558 g/mol. The standard InChI is InChI=1S/C43H27N3/c1-3-12-30(13-4-1)41-44-42(31-14-5-2-6-15-31)46-43(45-41)33-17-9-16-32(27-33)35-19-10-20-38-37(35)25-23-29-22-24-36-34-18-8-7-11-28(34)21-26-39(36)40(29)38/h1-27H. The number of rotatable bonds is 4. The SMILES string of the molecule is c1ccc(-c2nc(-c3ccccc3)nc(-c3cccc(-c4cccc5c4ccc4ccc6c7ccccc7ccc6c45)c3)n2)cc1. The topological polar surface area (TPSA) is 38.7 Å². The lowest BCUT2D eigenvalue weighted by molar-refractivity contribution is 1.07. The average molecular weight is 586 g/mol. The molecule has 0 aliphatic heterocycles. The summed E-state index contributed by atoms with van der Waals surface area (Å²) in [5.74, 6) is 1.97. The summed E-state index contributed by atoms with van der Waals surface area (Å²) in [7, 11) is 0. The van der Waals surface area contributed by atoms with E-state index >= 15 is 0 Å². The van der Waals surface area contributed by atoms with Gasteiger partial charge in [0.25, 0.3) is 0 Å². The quantitative estimate of drug-likeness (QED) is 0.193. The predicted octanol–water partition coefficient (Wildman–Crippen LogP) is 11.2. The van der Waals surface area contributed by atoms with Crippen LogP contribution < -0.4 is 0 Å². The minimum Gasteiger partial charge on any atom is -0.208 e. The lowest BCUT2D eigenvalue weighted by atomic mass is 9.90. The molecule has 9 aromatic rings. The second-order valence-electron chi connectivity index (χ2n) is 11.6. The van der Waals surface area contributed by atoms with Crippen molar-refractivity contribution in [1.82, 2.24) is 15.0 Å². The van der Waals surface area contributed by atoms with Gasteiger partial charge in [0, 0.05) is 16.7 Å². The monoisotopic (exact) mass is 585 g/mol. The molecule has 9 rings (SSSR count). The second-order valence-corrected chi connectivity index (χ2v) is 11.6. The molecule has 1 aromatic heterocycles. The number of nitrogens with zero attached hydrogens (tertiary/aromatic N) is 3. The van der Waals surface area contributed by atoms with E-state index in [1.165, 1.54) is 48.7 Å². The van der Waals surface area contributed by atoms with E-state index in [2.05, 4.69) is 103 Å². The van der Waals surface area contributed by atoms with E-state index in [1.54, 1.807) is 0 Å². The third-order valence-electron chi connectivity index (χ3n) is 8.89. The van der Waals surface area contributed by atoms with Crippen molar-refractivity contribution in [2.75, 3.05) is 0 Å².